The van der Waals surface area contributed by atoms with E-state index in [0.29, 0.717) is 12.2 Å². The van der Waals surface area contributed by atoms with Crippen LogP contribution < -0.4 is 14.8 Å². The van der Waals surface area contributed by atoms with Gasteiger partial charge in [-0.3, -0.25) is 0 Å². The van der Waals surface area contributed by atoms with Crippen molar-refractivity contribution in [3.05, 3.63) is 53.6 Å². The highest BCUT2D eigenvalue weighted by molar-refractivity contribution is 5.47. The van der Waals surface area contributed by atoms with Crippen molar-refractivity contribution in [2.75, 3.05) is 19.5 Å². The summed E-state index contributed by atoms with van der Waals surface area (Å²) in [6.07, 6.45) is 0. The Bertz CT molecular complexity index is 549. The maximum atomic E-state index is 13.5. The minimum atomic E-state index is -0.446. The number of hydrogen-bond donors (Lipinski definition) is 1. The highest BCUT2D eigenvalue weighted by Gasteiger charge is 2.05. The van der Waals surface area contributed by atoms with Crippen LogP contribution in [0.4, 0.5) is 14.5 Å². The van der Waals surface area contributed by atoms with Gasteiger partial charge in [0, 0.05) is 18.3 Å². The topological polar surface area (TPSA) is 30.5 Å². The van der Waals surface area contributed by atoms with Crippen LogP contribution in [0.5, 0.6) is 11.5 Å². The van der Waals surface area contributed by atoms with Crippen LogP contribution in [-0.2, 0) is 6.54 Å². The van der Waals surface area contributed by atoms with Crippen molar-refractivity contribution in [2.45, 2.75) is 6.54 Å². The second kappa shape index (κ2) is 6.23. The molecule has 1 N–H and O–H groups in total. The van der Waals surface area contributed by atoms with E-state index >= 15 is 0 Å². The highest BCUT2D eigenvalue weighted by atomic mass is 19.1. The first-order valence-electron chi connectivity index (χ1n) is 6.04. The fraction of sp³-hybridized carbons (Fsp3) is 0.200. The average molecular weight is 279 g/mol. The molecule has 0 radical (unpaired) electrons. The Kier molecular flexibility index (Phi) is 4.40. The van der Waals surface area contributed by atoms with Crippen molar-refractivity contribution >= 4 is 5.69 Å². The summed E-state index contributed by atoms with van der Waals surface area (Å²) in [4.78, 5) is 0. The van der Waals surface area contributed by atoms with E-state index in [1.807, 2.05) is 0 Å². The lowest BCUT2D eigenvalue weighted by Crippen LogP contribution is -2.01. The van der Waals surface area contributed by atoms with Gasteiger partial charge in [-0.1, -0.05) is 6.07 Å². The number of benzene rings is 2. The van der Waals surface area contributed by atoms with E-state index in [2.05, 4.69) is 5.32 Å². The summed E-state index contributed by atoms with van der Waals surface area (Å²) < 4.78 is 36.7. The molecule has 2 aromatic rings. The van der Waals surface area contributed by atoms with Crippen LogP contribution in [0.15, 0.2) is 36.4 Å². The summed E-state index contributed by atoms with van der Waals surface area (Å²) in [7, 11) is 2.82. The SMILES string of the molecule is COc1ccc(CNc2ccc(OC)c(F)c2)cc1F. The molecule has 0 fully saturated rings. The molecule has 2 rings (SSSR count). The molecule has 0 atom stereocenters. The standard InChI is InChI=1S/C15H15F2NO2/c1-19-14-5-3-10(7-12(14)16)9-18-11-4-6-15(20-2)13(17)8-11/h3-8,18H,9H2,1-2H3. The summed E-state index contributed by atoms with van der Waals surface area (Å²) in [6.45, 7) is 0.382. The maximum Gasteiger partial charge on any atom is 0.167 e. The lowest BCUT2D eigenvalue weighted by atomic mass is 10.2. The second-order valence-corrected chi connectivity index (χ2v) is 4.17. The van der Waals surface area contributed by atoms with Gasteiger partial charge in [0.1, 0.15) is 0 Å². The number of methoxy groups -OCH3 is 2. The van der Waals surface area contributed by atoms with Crippen molar-refractivity contribution in [1.82, 2.24) is 0 Å². The van der Waals surface area contributed by atoms with E-state index in [1.165, 1.54) is 32.4 Å². The van der Waals surface area contributed by atoms with Gasteiger partial charge in [-0.25, -0.2) is 8.78 Å². The van der Waals surface area contributed by atoms with Crippen molar-refractivity contribution in [2.24, 2.45) is 0 Å². The number of nitrogens with one attached hydrogen (secondary N) is 1. The zero-order valence-corrected chi connectivity index (χ0v) is 11.2. The third-order valence-electron chi connectivity index (χ3n) is 2.86. The van der Waals surface area contributed by atoms with E-state index in [-0.39, 0.29) is 11.5 Å². The molecule has 0 aromatic heterocycles. The normalized spacial score (nSPS) is 10.2. The molecule has 0 saturated carbocycles. The van der Waals surface area contributed by atoms with Crippen LogP contribution in [0.25, 0.3) is 0 Å². The highest BCUT2D eigenvalue weighted by Crippen LogP contribution is 2.22. The average Bonchev–Trinajstić information content (AvgIpc) is 2.45. The molecule has 5 heteroatoms. The number of anilines is 1. The first-order valence-corrected chi connectivity index (χ1v) is 6.04. The number of hydrogen-bond acceptors (Lipinski definition) is 3. The third-order valence-corrected chi connectivity index (χ3v) is 2.86. The summed E-state index contributed by atoms with van der Waals surface area (Å²) in [5, 5.41) is 3.01. The minimum absolute atomic E-state index is 0.186. The summed E-state index contributed by atoms with van der Waals surface area (Å²) in [5.41, 5.74) is 1.33. The van der Waals surface area contributed by atoms with Gasteiger partial charge in [0.2, 0.25) is 0 Å². The fourth-order valence-corrected chi connectivity index (χ4v) is 1.80. The van der Waals surface area contributed by atoms with E-state index < -0.39 is 11.6 Å². The zero-order valence-electron chi connectivity index (χ0n) is 11.2. The Morgan fingerprint density at radius 2 is 1.50 bits per heavy atom. The molecule has 20 heavy (non-hydrogen) atoms. The Morgan fingerprint density at radius 1 is 0.900 bits per heavy atom. The quantitative estimate of drug-likeness (QED) is 0.907. The van der Waals surface area contributed by atoms with Gasteiger partial charge in [0.15, 0.2) is 23.1 Å². The predicted octanol–water partition coefficient (Wildman–Crippen LogP) is 3.59. The Balaban J connectivity index is 2.05. The molecule has 0 saturated heterocycles. The van der Waals surface area contributed by atoms with Crippen LogP contribution in [-0.4, -0.2) is 14.2 Å². The van der Waals surface area contributed by atoms with Crippen molar-refractivity contribution in [3.8, 4) is 11.5 Å². The van der Waals surface area contributed by atoms with Gasteiger partial charge in [0.25, 0.3) is 0 Å². The molecule has 0 aliphatic rings. The molecule has 106 valence electrons. The fourth-order valence-electron chi connectivity index (χ4n) is 1.80. The first kappa shape index (κ1) is 14.1. The number of halogens is 2. The Labute approximate surface area is 116 Å². The van der Waals surface area contributed by atoms with Crippen LogP contribution in [0.1, 0.15) is 5.56 Å². The molecule has 0 spiro atoms. The van der Waals surface area contributed by atoms with E-state index in [1.54, 1.807) is 18.2 Å². The largest absolute Gasteiger partial charge is 0.494 e. The minimum Gasteiger partial charge on any atom is -0.494 e. The van der Waals surface area contributed by atoms with E-state index in [9.17, 15) is 8.78 Å². The molecule has 2 aromatic carbocycles. The lowest BCUT2D eigenvalue weighted by Gasteiger charge is -2.09. The van der Waals surface area contributed by atoms with Crippen molar-refractivity contribution in [3.63, 3.8) is 0 Å². The summed E-state index contributed by atoms with van der Waals surface area (Å²) in [6, 6.07) is 9.24. The second-order valence-electron chi connectivity index (χ2n) is 4.17. The van der Waals surface area contributed by atoms with Crippen LogP contribution in [0.3, 0.4) is 0 Å². The molecule has 0 heterocycles. The smallest absolute Gasteiger partial charge is 0.167 e. The van der Waals surface area contributed by atoms with E-state index in [4.69, 9.17) is 9.47 Å². The number of rotatable bonds is 5. The monoisotopic (exact) mass is 279 g/mol. The Morgan fingerprint density at radius 3 is 2.05 bits per heavy atom. The van der Waals surface area contributed by atoms with Crippen molar-refractivity contribution < 1.29 is 18.3 Å². The zero-order chi connectivity index (χ0) is 14.5. The molecule has 0 unspecified atom stereocenters. The summed E-state index contributed by atoms with van der Waals surface area (Å²) >= 11 is 0. The van der Waals surface area contributed by atoms with Crippen LogP contribution in [0, 0.1) is 11.6 Å². The maximum absolute atomic E-state index is 13.5. The van der Waals surface area contributed by atoms with E-state index in [0.717, 1.165) is 5.56 Å². The molecule has 0 bridgehead atoms. The third kappa shape index (κ3) is 3.17. The molecule has 0 aliphatic heterocycles. The molecular formula is C15H15F2NO2. The van der Waals surface area contributed by atoms with Crippen LogP contribution in [0.2, 0.25) is 0 Å². The van der Waals surface area contributed by atoms with Gasteiger partial charge >= 0.3 is 0 Å². The molecule has 0 aliphatic carbocycles. The van der Waals surface area contributed by atoms with Gasteiger partial charge in [-0.05, 0) is 29.8 Å². The molecule has 3 nitrogen and oxygen atoms in total. The van der Waals surface area contributed by atoms with Crippen molar-refractivity contribution in [1.29, 1.82) is 0 Å². The summed E-state index contributed by atoms with van der Waals surface area (Å²) in [5.74, 6) is -0.485. The first-order chi connectivity index (χ1) is 9.63. The van der Waals surface area contributed by atoms with Gasteiger partial charge < -0.3 is 14.8 Å². The molecular weight excluding hydrogens is 264 g/mol. The van der Waals surface area contributed by atoms with Gasteiger partial charge in [-0.15, -0.1) is 0 Å². The van der Waals surface area contributed by atoms with Gasteiger partial charge in [-0.2, -0.15) is 0 Å². The predicted molar refractivity (Wildman–Crippen MR) is 73.2 cm³/mol. The lowest BCUT2D eigenvalue weighted by molar-refractivity contribution is 0.386. The van der Waals surface area contributed by atoms with Crippen LogP contribution >= 0.6 is 0 Å². The number of ether oxygens (including phenoxy) is 2. The Hall–Kier alpha value is -2.30. The van der Waals surface area contributed by atoms with Gasteiger partial charge in [0.05, 0.1) is 14.2 Å². The molecule has 0 amide bonds.